The molecule has 4 heteroatoms. The Hall–Kier alpha value is -1.29. The Balaban J connectivity index is 2.12. The molecule has 17 heavy (non-hydrogen) atoms. The molecule has 0 saturated carbocycles. The highest BCUT2D eigenvalue weighted by Crippen LogP contribution is 2.27. The summed E-state index contributed by atoms with van der Waals surface area (Å²) in [5.41, 5.74) is 1.97. The Bertz CT molecular complexity index is 373. The van der Waals surface area contributed by atoms with Crippen molar-refractivity contribution < 1.29 is 4.39 Å². The molecule has 0 unspecified atom stereocenters. The van der Waals surface area contributed by atoms with Crippen LogP contribution in [-0.4, -0.2) is 44.7 Å². The largest absolute Gasteiger partial charge is 0.386 e. The van der Waals surface area contributed by atoms with E-state index in [1.807, 2.05) is 13.1 Å². The number of nitrogens with zero attached hydrogens (tertiary/aromatic N) is 2. The lowest BCUT2D eigenvalue weighted by molar-refractivity contribution is 0.271. The average molecular weight is 237 g/mol. The lowest BCUT2D eigenvalue weighted by Crippen LogP contribution is -2.46. The summed E-state index contributed by atoms with van der Waals surface area (Å²) in [6, 6.07) is 4.95. The summed E-state index contributed by atoms with van der Waals surface area (Å²) < 4.78 is 13.2. The molecule has 0 aliphatic carbocycles. The summed E-state index contributed by atoms with van der Waals surface area (Å²) >= 11 is 0. The van der Waals surface area contributed by atoms with Gasteiger partial charge in [-0.25, -0.2) is 4.39 Å². The molecule has 1 heterocycles. The number of nitrogens with one attached hydrogen (secondary N) is 1. The van der Waals surface area contributed by atoms with Gasteiger partial charge in [0.2, 0.25) is 0 Å². The Morgan fingerprint density at radius 2 is 1.94 bits per heavy atom. The van der Waals surface area contributed by atoms with Crippen LogP contribution in [0.15, 0.2) is 18.2 Å². The summed E-state index contributed by atoms with van der Waals surface area (Å²) in [6.07, 6.45) is 0. The third-order valence-corrected chi connectivity index (χ3v) is 3.39. The van der Waals surface area contributed by atoms with E-state index < -0.39 is 0 Å². The molecule has 0 amide bonds. The molecular weight excluding hydrogens is 217 g/mol. The van der Waals surface area contributed by atoms with E-state index in [2.05, 4.69) is 22.0 Å². The first kappa shape index (κ1) is 12.2. The highest BCUT2D eigenvalue weighted by atomic mass is 19.1. The van der Waals surface area contributed by atoms with Gasteiger partial charge < -0.3 is 15.1 Å². The average Bonchev–Trinajstić information content (AvgIpc) is 2.39. The summed E-state index contributed by atoms with van der Waals surface area (Å²) in [5, 5.41) is 3.06. The van der Waals surface area contributed by atoms with E-state index in [0.29, 0.717) is 0 Å². The van der Waals surface area contributed by atoms with Crippen LogP contribution in [0.5, 0.6) is 0 Å². The molecule has 1 aliphatic heterocycles. The van der Waals surface area contributed by atoms with Crippen molar-refractivity contribution in [2.24, 2.45) is 0 Å². The van der Waals surface area contributed by atoms with E-state index in [4.69, 9.17) is 0 Å². The molecule has 0 bridgehead atoms. The van der Waals surface area contributed by atoms with Crippen molar-refractivity contribution >= 4 is 11.4 Å². The van der Waals surface area contributed by atoms with Crippen molar-refractivity contribution in [2.45, 2.75) is 6.92 Å². The maximum Gasteiger partial charge on any atom is 0.125 e. The third kappa shape index (κ3) is 2.69. The predicted octanol–water partition coefficient (Wildman–Crippen LogP) is 2.01. The number of hydrogen-bond donors (Lipinski definition) is 1. The topological polar surface area (TPSA) is 18.5 Å². The molecule has 2 rings (SSSR count). The van der Waals surface area contributed by atoms with Crippen LogP contribution < -0.4 is 10.2 Å². The van der Waals surface area contributed by atoms with E-state index in [-0.39, 0.29) is 5.82 Å². The molecule has 0 aromatic heterocycles. The van der Waals surface area contributed by atoms with Gasteiger partial charge in [0.1, 0.15) is 5.82 Å². The van der Waals surface area contributed by atoms with Gasteiger partial charge in [-0.05, 0) is 24.7 Å². The van der Waals surface area contributed by atoms with E-state index in [9.17, 15) is 4.39 Å². The van der Waals surface area contributed by atoms with Crippen LogP contribution in [0, 0.1) is 5.82 Å². The predicted molar refractivity (Wildman–Crippen MR) is 70.3 cm³/mol. The van der Waals surface area contributed by atoms with Crippen LogP contribution in [0.1, 0.15) is 6.92 Å². The number of likely N-dealkylation sites (N-methyl/N-ethyl adjacent to an activating group) is 1. The molecule has 3 nitrogen and oxygen atoms in total. The summed E-state index contributed by atoms with van der Waals surface area (Å²) in [6.45, 7) is 7.47. The fraction of sp³-hybridized carbons (Fsp3) is 0.538. The number of piperazine rings is 1. The zero-order chi connectivity index (χ0) is 12.3. The minimum atomic E-state index is -0.190. The first-order valence-corrected chi connectivity index (χ1v) is 6.19. The summed E-state index contributed by atoms with van der Waals surface area (Å²) in [5.74, 6) is -0.190. The molecule has 1 N–H and O–H groups in total. The molecular formula is C13H20FN3. The van der Waals surface area contributed by atoms with Crippen LogP contribution in [0.25, 0.3) is 0 Å². The van der Waals surface area contributed by atoms with Crippen LogP contribution in [0.2, 0.25) is 0 Å². The quantitative estimate of drug-likeness (QED) is 0.867. The number of hydrogen-bond acceptors (Lipinski definition) is 3. The molecule has 1 aromatic carbocycles. The van der Waals surface area contributed by atoms with Gasteiger partial charge >= 0.3 is 0 Å². The fourth-order valence-corrected chi connectivity index (χ4v) is 2.29. The van der Waals surface area contributed by atoms with Gasteiger partial charge in [0.25, 0.3) is 0 Å². The first-order chi connectivity index (χ1) is 8.24. The smallest absolute Gasteiger partial charge is 0.125 e. The van der Waals surface area contributed by atoms with Crippen molar-refractivity contribution in [1.29, 1.82) is 0 Å². The Labute approximate surface area is 102 Å². The Morgan fingerprint density at radius 3 is 2.53 bits per heavy atom. The van der Waals surface area contributed by atoms with Crippen molar-refractivity contribution in [2.75, 3.05) is 50.0 Å². The lowest BCUT2D eigenvalue weighted by Gasteiger charge is -2.36. The number of anilines is 2. The van der Waals surface area contributed by atoms with E-state index in [1.165, 1.54) is 6.07 Å². The van der Waals surface area contributed by atoms with Crippen LogP contribution in [0.4, 0.5) is 15.8 Å². The second-order valence-electron chi connectivity index (χ2n) is 4.33. The van der Waals surface area contributed by atoms with Gasteiger partial charge in [0.15, 0.2) is 0 Å². The summed E-state index contributed by atoms with van der Waals surface area (Å²) in [7, 11) is 1.83. The maximum absolute atomic E-state index is 13.2. The van der Waals surface area contributed by atoms with Crippen molar-refractivity contribution in [3.63, 3.8) is 0 Å². The Morgan fingerprint density at radius 1 is 1.24 bits per heavy atom. The van der Waals surface area contributed by atoms with Crippen LogP contribution >= 0.6 is 0 Å². The standard InChI is InChI=1S/C13H20FN3/c1-3-16-6-8-17(9-7-16)13-5-4-11(14)10-12(13)15-2/h4-5,10,15H,3,6-9H2,1-2H3. The van der Waals surface area contributed by atoms with Gasteiger partial charge in [-0.15, -0.1) is 0 Å². The summed E-state index contributed by atoms with van der Waals surface area (Å²) in [4.78, 5) is 4.75. The molecule has 1 aliphatic rings. The highest BCUT2D eigenvalue weighted by Gasteiger charge is 2.18. The molecule has 0 radical (unpaired) electrons. The molecule has 94 valence electrons. The highest BCUT2D eigenvalue weighted by molar-refractivity contribution is 5.70. The third-order valence-electron chi connectivity index (χ3n) is 3.39. The van der Waals surface area contributed by atoms with Crippen molar-refractivity contribution in [1.82, 2.24) is 4.90 Å². The second-order valence-corrected chi connectivity index (χ2v) is 4.33. The van der Waals surface area contributed by atoms with Gasteiger partial charge in [0.05, 0.1) is 11.4 Å². The monoisotopic (exact) mass is 237 g/mol. The van der Waals surface area contributed by atoms with E-state index in [1.54, 1.807) is 6.07 Å². The molecule has 0 spiro atoms. The van der Waals surface area contributed by atoms with Crippen LogP contribution in [0.3, 0.4) is 0 Å². The first-order valence-electron chi connectivity index (χ1n) is 6.19. The van der Waals surface area contributed by atoms with Crippen molar-refractivity contribution in [3.05, 3.63) is 24.0 Å². The molecule has 0 atom stereocenters. The number of halogens is 1. The van der Waals surface area contributed by atoms with Gasteiger partial charge in [-0.2, -0.15) is 0 Å². The second kappa shape index (κ2) is 5.36. The lowest BCUT2D eigenvalue weighted by atomic mass is 10.2. The normalized spacial score (nSPS) is 17.2. The zero-order valence-corrected chi connectivity index (χ0v) is 10.5. The zero-order valence-electron chi connectivity index (χ0n) is 10.5. The fourth-order valence-electron chi connectivity index (χ4n) is 2.29. The Kier molecular flexibility index (Phi) is 3.84. The SMILES string of the molecule is CCN1CCN(c2ccc(F)cc2NC)CC1. The number of benzene rings is 1. The van der Waals surface area contributed by atoms with Crippen molar-refractivity contribution in [3.8, 4) is 0 Å². The maximum atomic E-state index is 13.2. The van der Waals surface area contributed by atoms with E-state index in [0.717, 1.165) is 44.1 Å². The minimum Gasteiger partial charge on any atom is -0.386 e. The minimum absolute atomic E-state index is 0.190. The van der Waals surface area contributed by atoms with E-state index >= 15 is 0 Å². The molecule has 1 aromatic rings. The van der Waals surface area contributed by atoms with Gasteiger partial charge in [0, 0.05) is 33.2 Å². The van der Waals surface area contributed by atoms with Gasteiger partial charge in [-0.1, -0.05) is 6.92 Å². The number of rotatable bonds is 3. The molecule has 1 fully saturated rings. The van der Waals surface area contributed by atoms with Crippen LogP contribution in [-0.2, 0) is 0 Å². The molecule has 1 saturated heterocycles. The van der Waals surface area contributed by atoms with Gasteiger partial charge in [-0.3, -0.25) is 0 Å².